The van der Waals surface area contributed by atoms with E-state index in [2.05, 4.69) is 11.9 Å². The molecule has 1 amide bonds. The molecule has 0 aromatic heterocycles. The predicted molar refractivity (Wildman–Crippen MR) is 112 cm³/mol. The second-order valence-electron chi connectivity index (χ2n) is 7.39. The summed E-state index contributed by atoms with van der Waals surface area (Å²) in [7, 11) is 1.63. The maximum Gasteiger partial charge on any atom is 0.305 e. The summed E-state index contributed by atoms with van der Waals surface area (Å²) in [5, 5.41) is 11.2. The number of carboxylic acid groups (broad SMARTS) is 1. The number of carbonyl (C=O) groups is 2. The van der Waals surface area contributed by atoms with Crippen LogP contribution in [0.2, 0.25) is 0 Å². The molecule has 0 spiro atoms. The van der Waals surface area contributed by atoms with Crippen LogP contribution in [0.25, 0.3) is 0 Å². The summed E-state index contributed by atoms with van der Waals surface area (Å²) in [5.41, 5.74) is 1.35. The molecule has 1 aliphatic carbocycles. The van der Waals surface area contributed by atoms with Crippen molar-refractivity contribution in [3.63, 3.8) is 0 Å². The van der Waals surface area contributed by atoms with Gasteiger partial charge in [0.15, 0.2) is 0 Å². The highest BCUT2D eigenvalue weighted by Crippen LogP contribution is 2.32. The number of hydrogen-bond donors (Lipinski definition) is 2. The SMILES string of the molecule is C=C(/C=C(/C)OC)C(Oc1ccc(C(=O)NCCC(=O)O)cc1)C1CCCCC1. The Bertz CT molecular complexity index is 732. The zero-order valence-electron chi connectivity index (χ0n) is 17.3. The van der Waals surface area contributed by atoms with Crippen LogP contribution in [0.5, 0.6) is 5.75 Å². The van der Waals surface area contributed by atoms with Gasteiger partial charge >= 0.3 is 5.97 Å². The number of carboxylic acids is 1. The van der Waals surface area contributed by atoms with E-state index in [-0.39, 0.29) is 25.0 Å². The summed E-state index contributed by atoms with van der Waals surface area (Å²) >= 11 is 0. The standard InChI is InChI=1S/C23H31NO5/c1-16(15-17(2)28-3)22(18-7-5-4-6-8-18)29-20-11-9-19(10-12-20)23(27)24-14-13-21(25)26/h9-12,15,18,22H,1,4-8,13-14H2,2-3H3,(H,24,27)(H,25,26)/b17-15-. The molecule has 2 N–H and O–H groups in total. The lowest BCUT2D eigenvalue weighted by molar-refractivity contribution is -0.136. The summed E-state index contributed by atoms with van der Waals surface area (Å²) in [4.78, 5) is 22.6. The number of allylic oxidation sites excluding steroid dienone is 1. The van der Waals surface area contributed by atoms with E-state index in [0.29, 0.717) is 17.2 Å². The highest BCUT2D eigenvalue weighted by molar-refractivity contribution is 5.94. The molecular weight excluding hydrogens is 370 g/mol. The number of nitrogens with one attached hydrogen (secondary N) is 1. The van der Waals surface area contributed by atoms with Crippen LogP contribution in [0.1, 0.15) is 55.8 Å². The van der Waals surface area contributed by atoms with Gasteiger partial charge in [0.05, 0.1) is 19.3 Å². The van der Waals surface area contributed by atoms with Gasteiger partial charge in [0.25, 0.3) is 5.91 Å². The van der Waals surface area contributed by atoms with Gasteiger partial charge in [0, 0.05) is 18.0 Å². The van der Waals surface area contributed by atoms with Gasteiger partial charge in [0.2, 0.25) is 0 Å². The van der Waals surface area contributed by atoms with Crippen LogP contribution in [-0.2, 0) is 9.53 Å². The Morgan fingerprint density at radius 1 is 1.24 bits per heavy atom. The molecule has 6 heteroatoms. The van der Waals surface area contributed by atoms with Crippen molar-refractivity contribution >= 4 is 11.9 Å². The van der Waals surface area contributed by atoms with Gasteiger partial charge in [-0.05, 0) is 55.7 Å². The van der Waals surface area contributed by atoms with Crippen LogP contribution in [0.15, 0.2) is 48.3 Å². The van der Waals surface area contributed by atoms with Crippen molar-refractivity contribution in [2.45, 2.75) is 51.6 Å². The topological polar surface area (TPSA) is 84.9 Å². The Kier molecular flexibility index (Phi) is 8.77. The molecule has 29 heavy (non-hydrogen) atoms. The first-order valence-electron chi connectivity index (χ1n) is 10.1. The van der Waals surface area contributed by atoms with Crippen molar-refractivity contribution in [3.8, 4) is 5.75 Å². The highest BCUT2D eigenvalue weighted by Gasteiger charge is 2.27. The normalized spacial score (nSPS) is 16.0. The summed E-state index contributed by atoms with van der Waals surface area (Å²) in [6, 6.07) is 6.90. The quantitative estimate of drug-likeness (QED) is 0.450. The Balaban J connectivity index is 2.06. The van der Waals surface area contributed by atoms with Crippen molar-refractivity contribution in [3.05, 3.63) is 53.8 Å². The zero-order valence-corrected chi connectivity index (χ0v) is 17.3. The fraction of sp³-hybridized carbons (Fsp3) is 0.478. The van der Waals surface area contributed by atoms with E-state index in [4.69, 9.17) is 14.6 Å². The third-order valence-corrected chi connectivity index (χ3v) is 5.16. The van der Waals surface area contributed by atoms with E-state index in [9.17, 15) is 9.59 Å². The highest BCUT2D eigenvalue weighted by atomic mass is 16.5. The van der Waals surface area contributed by atoms with E-state index >= 15 is 0 Å². The number of methoxy groups -OCH3 is 1. The Morgan fingerprint density at radius 3 is 2.48 bits per heavy atom. The smallest absolute Gasteiger partial charge is 0.305 e. The lowest BCUT2D eigenvalue weighted by atomic mass is 9.82. The molecule has 0 heterocycles. The van der Waals surface area contributed by atoms with Gasteiger partial charge in [-0.15, -0.1) is 0 Å². The van der Waals surface area contributed by atoms with Crippen LogP contribution in [0.4, 0.5) is 0 Å². The molecule has 1 aliphatic rings. The van der Waals surface area contributed by atoms with Crippen LogP contribution in [-0.4, -0.2) is 36.7 Å². The van der Waals surface area contributed by atoms with Gasteiger partial charge in [-0.1, -0.05) is 25.8 Å². The molecule has 1 aromatic rings. The number of carbonyl (C=O) groups excluding carboxylic acids is 1. The van der Waals surface area contributed by atoms with Crippen LogP contribution < -0.4 is 10.1 Å². The van der Waals surface area contributed by atoms with E-state index in [1.165, 1.54) is 19.3 Å². The lowest BCUT2D eigenvalue weighted by Crippen LogP contribution is -2.30. The summed E-state index contributed by atoms with van der Waals surface area (Å²) in [6.07, 6.45) is 7.53. The van der Waals surface area contributed by atoms with Crippen molar-refractivity contribution in [1.82, 2.24) is 5.32 Å². The molecule has 0 saturated heterocycles. The van der Waals surface area contributed by atoms with E-state index in [1.807, 2.05) is 13.0 Å². The van der Waals surface area contributed by atoms with Gasteiger partial charge in [-0.25, -0.2) is 0 Å². The average Bonchev–Trinajstić information content (AvgIpc) is 2.72. The maximum atomic E-state index is 12.1. The van der Waals surface area contributed by atoms with E-state index in [0.717, 1.165) is 24.2 Å². The van der Waals surface area contributed by atoms with Crippen LogP contribution >= 0.6 is 0 Å². The fourth-order valence-corrected chi connectivity index (χ4v) is 3.53. The minimum Gasteiger partial charge on any atom is -0.501 e. The largest absolute Gasteiger partial charge is 0.501 e. The summed E-state index contributed by atoms with van der Waals surface area (Å²) in [6.45, 7) is 6.20. The molecule has 6 nitrogen and oxygen atoms in total. The first-order chi connectivity index (χ1) is 13.9. The molecule has 1 aromatic carbocycles. The molecule has 1 saturated carbocycles. The van der Waals surface area contributed by atoms with Crippen LogP contribution in [0.3, 0.4) is 0 Å². The van der Waals surface area contributed by atoms with E-state index < -0.39 is 5.97 Å². The number of amides is 1. The molecule has 1 fully saturated rings. The molecule has 0 bridgehead atoms. The first kappa shape index (κ1) is 22.5. The van der Waals surface area contributed by atoms with Crippen molar-refractivity contribution < 1.29 is 24.2 Å². The number of rotatable bonds is 10. The van der Waals surface area contributed by atoms with Crippen molar-refractivity contribution in [1.29, 1.82) is 0 Å². The predicted octanol–water partition coefficient (Wildman–Crippen LogP) is 4.33. The first-order valence-corrected chi connectivity index (χ1v) is 10.1. The maximum absolute atomic E-state index is 12.1. The third-order valence-electron chi connectivity index (χ3n) is 5.16. The van der Waals surface area contributed by atoms with Crippen molar-refractivity contribution in [2.24, 2.45) is 5.92 Å². The van der Waals surface area contributed by atoms with Gasteiger partial charge in [-0.3, -0.25) is 9.59 Å². The lowest BCUT2D eigenvalue weighted by Gasteiger charge is -2.31. The van der Waals surface area contributed by atoms with Gasteiger partial charge in [-0.2, -0.15) is 0 Å². The minimum absolute atomic E-state index is 0.0984. The van der Waals surface area contributed by atoms with Gasteiger partial charge in [0.1, 0.15) is 11.9 Å². The second kappa shape index (κ2) is 11.3. The molecule has 1 unspecified atom stereocenters. The third kappa shape index (κ3) is 7.29. The second-order valence-corrected chi connectivity index (χ2v) is 7.39. The molecule has 0 aliphatic heterocycles. The summed E-state index contributed by atoms with van der Waals surface area (Å²) in [5.74, 6) is 0.613. The zero-order chi connectivity index (χ0) is 21.2. The number of aliphatic carboxylic acids is 1. The fourth-order valence-electron chi connectivity index (χ4n) is 3.53. The minimum atomic E-state index is -0.944. The van der Waals surface area contributed by atoms with E-state index in [1.54, 1.807) is 31.4 Å². The van der Waals surface area contributed by atoms with Crippen LogP contribution in [0, 0.1) is 5.92 Å². The number of ether oxygens (including phenoxy) is 2. The summed E-state index contributed by atoms with van der Waals surface area (Å²) < 4.78 is 11.6. The van der Waals surface area contributed by atoms with Gasteiger partial charge < -0.3 is 19.9 Å². The van der Waals surface area contributed by atoms with Crippen molar-refractivity contribution in [2.75, 3.05) is 13.7 Å². The number of benzene rings is 1. The Morgan fingerprint density at radius 2 is 1.90 bits per heavy atom. The Labute approximate surface area is 172 Å². The average molecular weight is 402 g/mol. The number of hydrogen-bond acceptors (Lipinski definition) is 4. The molecule has 2 rings (SSSR count). The molecule has 1 atom stereocenters. The molecule has 0 radical (unpaired) electrons. The molecule has 158 valence electrons. The monoisotopic (exact) mass is 401 g/mol. The molecular formula is C23H31NO5. The Hall–Kier alpha value is -2.76.